The van der Waals surface area contributed by atoms with Crippen molar-refractivity contribution in [2.45, 2.75) is 0 Å². The van der Waals surface area contributed by atoms with Crippen LogP contribution in [0.5, 0.6) is 0 Å². The topological polar surface area (TPSA) is 42.0 Å². The van der Waals surface area contributed by atoms with E-state index >= 15 is 0 Å². The second-order valence-electron chi connectivity index (χ2n) is 3.39. The van der Waals surface area contributed by atoms with E-state index in [1.807, 2.05) is 0 Å². The molecule has 1 amide bonds. The quantitative estimate of drug-likeness (QED) is 0.829. The van der Waals surface area contributed by atoms with Crippen LogP contribution in [-0.4, -0.2) is 10.9 Å². The van der Waals surface area contributed by atoms with Crippen molar-refractivity contribution in [3.63, 3.8) is 0 Å². The molecule has 16 heavy (non-hydrogen) atoms. The van der Waals surface area contributed by atoms with Gasteiger partial charge in [0.2, 0.25) is 0 Å². The van der Waals surface area contributed by atoms with Gasteiger partial charge in [-0.2, -0.15) is 0 Å². The number of amides is 1. The van der Waals surface area contributed by atoms with Gasteiger partial charge < -0.3 is 5.32 Å². The number of carbonyl (C=O) groups excluding carboxylic acids is 1. The van der Waals surface area contributed by atoms with Crippen LogP contribution in [0.15, 0.2) is 48.8 Å². The number of aromatic nitrogens is 1. The smallest absolute Gasteiger partial charge is 0.255 e. The zero-order valence-electron chi connectivity index (χ0n) is 8.68. The summed E-state index contributed by atoms with van der Waals surface area (Å²) in [7, 11) is 0. The van der Waals surface area contributed by atoms with Gasteiger partial charge in [-0.3, -0.25) is 9.78 Å². The van der Waals surface area contributed by atoms with E-state index in [9.17, 15) is 4.79 Å². The Morgan fingerprint density at radius 1 is 1.19 bits per heavy atom. The normalized spacial score (nSPS) is 9.81. The number of pyridine rings is 1. The van der Waals surface area contributed by atoms with E-state index < -0.39 is 0 Å². The van der Waals surface area contributed by atoms with E-state index in [1.54, 1.807) is 48.8 Å². The third kappa shape index (κ3) is 2.45. The molecule has 1 aromatic heterocycles. The lowest BCUT2D eigenvalue weighted by atomic mass is 10.1. The first kappa shape index (κ1) is 10.4. The van der Waals surface area contributed by atoms with E-state index in [1.165, 1.54) is 0 Å². The molecule has 3 nitrogen and oxygen atoms in total. The van der Waals surface area contributed by atoms with Crippen LogP contribution < -0.4 is 5.32 Å². The van der Waals surface area contributed by atoms with Crippen LogP contribution in [0.2, 0.25) is 0 Å². The van der Waals surface area contributed by atoms with Gasteiger partial charge in [0.15, 0.2) is 0 Å². The first-order valence-corrected chi connectivity index (χ1v) is 4.89. The minimum absolute atomic E-state index is 0.145. The molecule has 1 radical (unpaired) electrons. The number of carbonyl (C=O) groups is 1. The Kier molecular flexibility index (Phi) is 2.96. The number of anilines is 1. The lowest BCUT2D eigenvalue weighted by Crippen LogP contribution is -2.11. The first-order chi connectivity index (χ1) is 7.75. The van der Waals surface area contributed by atoms with Gasteiger partial charge >= 0.3 is 0 Å². The van der Waals surface area contributed by atoms with E-state index in [-0.39, 0.29) is 5.91 Å². The highest BCUT2D eigenvalue weighted by molar-refractivity contribution is 6.04. The minimum Gasteiger partial charge on any atom is -0.321 e. The molecule has 0 bridgehead atoms. The van der Waals surface area contributed by atoms with Crippen molar-refractivity contribution >= 4 is 11.6 Å². The highest BCUT2D eigenvalue weighted by atomic mass is 16.1. The maximum absolute atomic E-state index is 11.8. The van der Waals surface area contributed by atoms with Gasteiger partial charge in [0.05, 0.1) is 11.9 Å². The van der Waals surface area contributed by atoms with Crippen LogP contribution in [0.3, 0.4) is 0 Å². The van der Waals surface area contributed by atoms with Crippen LogP contribution in [0.25, 0.3) is 0 Å². The summed E-state index contributed by atoms with van der Waals surface area (Å²) >= 11 is 0. The molecule has 0 aliphatic carbocycles. The summed E-state index contributed by atoms with van der Waals surface area (Å²) in [5, 5.41) is 2.76. The first-order valence-electron chi connectivity index (χ1n) is 4.89. The van der Waals surface area contributed by atoms with Crippen LogP contribution in [0.1, 0.15) is 15.9 Å². The molecule has 0 fully saturated rings. The molecule has 1 aromatic carbocycles. The zero-order valence-corrected chi connectivity index (χ0v) is 8.68. The third-order valence-corrected chi connectivity index (χ3v) is 2.14. The number of nitrogens with one attached hydrogen (secondary N) is 1. The fourth-order valence-corrected chi connectivity index (χ4v) is 1.30. The van der Waals surface area contributed by atoms with E-state index in [4.69, 9.17) is 0 Å². The van der Waals surface area contributed by atoms with Crippen LogP contribution in [-0.2, 0) is 0 Å². The molecule has 1 N–H and O–H groups in total. The summed E-state index contributed by atoms with van der Waals surface area (Å²) in [6.07, 6.45) is 3.26. The lowest BCUT2D eigenvalue weighted by Gasteiger charge is -2.04. The molecular formula is C13H11N2O. The average molecular weight is 211 g/mol. The minimum atomic E-state index is -0.145. The second kappa shape index (κ2) is 4.57. The van der Waals surface area contributed by atoms with E-state index in [2.05, 4.69) is 17.2 Å². The van der Waals surface area contributed by atoms with Crippen LogP contribution >= 0.6 is 0 Å². The fraction of sp³-hybridized carbons (Fsp3) is 0. The van der Waals surface area contributed by atoms with Crippen molar-refractivity contribution < 1.29 is 4.79 Å². The van der Waals surface area contributed by atoms with E-state index in [0.717, 1.165) is 5.56 Å². The van der Waals surface area contributed by atoms with Crippen molar-refractivity contribution in [3.8, 4) is 0 Å². The summed E-state index contributed by atoms with van der Waals surface area (Å²) in [6.45, 7) is 3.76. The average Bonchev–Trinajstić information content (AvgIpc) is 2.31. The number of rotatable bonds is 2. The number of hydrogen-bond donors (Lipinski definition) is 1. The van der Waals surface area contributed by atoms with Crippen molar-refractivity contribution in [2.75, 3.05) is 5.32 Å². The molecule has 0 saturated carbocycles. The van der Waals surface area contributed by atoms with Crippen molar-refractivity contribution in [3.05, 3.63) is 66.8 Å². The van der Waals surface area contributed by atoms with Gasteiger partial charge in [-0.1, -0.05) is 12.1 Å². The second-order valence-corrected chi connectivity index (χ2v) is 3.39. The highest BCUT2D eigenvalue weighted by Crippen LogP contribution is 2.08. The van der Waals surface area contributed by atoms with Crippen LogP contribution in [0, 0.1) is 6.92 Å². The Labute approximate surface area is 94.1 Å². The summed E-state index contributed by atoms with van der Waals surface area (Å²) in [5.74, 6) is -0.145. The largest absolute Gasteiger partial charge is 0.321 e. The Bertz CT molecular complexity index is 477. The Hall–Kier alpha value is -2.16. The molecule has 79 valence electrons. The predicted molar refractivity (Wildman–Crippen MR) is 63.1 cm³/mol. The summed E-state index contributed by atoms with van der Waals surface area (Å²) < 4.78 is 0. The Balaban J connectivity index is 2.12. The Morgan fingerprint density at radius 2 is 1.94 bits per heavy atom. The molecule has 0 unspecified atom stereocenters. The van der Waals surface area contributed by atoms with E-state index in [0.29, 0.717) is 11.3 Å². The highest BCUT2D eigenvalue weighted by Gasteiger charge is 2.04. The van der Waals surface area contributed by atoms with Crippen molar-refractivity contribution in [2.24, 2.45) is 0 Å². The van der Waals surface area contributed by atoms with Crippen molar-refractivity contribution in [1.82, 2.24) is 4.98 Å². The third-order valence-electron chi connectivity index (χ3n) is 2.14. The summed E-state index contributed by atoms with van der Waals surface area (Å²) in [4.78, 5) is 15.7. The molecule has 2 rings (SSSR count). The van der Waals surface area contributed by atoms with Gasteiger partial charge in [0, 0.05) is 11.8 Å². The Morgan fingerprint density at radius 3 is 2.56 bits per heavy atom. The maximum atomic E-state index is 11.8. The number of benzene rings is 1. The van der Waals surface area contributed by atoms with Crippen LogP contribution in [0.4, 0.5) is 5.69 Å². The number of nitrogens with zero attached hydrogens (tertiary/aromatic N) is 1. The zero-order chi connectivity index (χ0) is 11.4. The standard InChI is InChI=1S/C13H11N2O/c1-10-4-6-11(7-5-10)13(16)15-12-3-2-8-14-9-12/h2-9H,1H2,(H,15,16). The van der Waals surface area contributed by atoms with Gasteiger partial charge in [0.1, 0.15) is 0 Å². The molecule has 1 heterocycles. The molecular weight excluding hydrogens is 200 g/mol. The summed E-state index contributed by atoms with van der Waals surface area (Å²) in [6, 6.07) is 10.7. The molecule has 0 atom stereocenters. The SMILES string of the molecule is [CH2]c1ccc(C(=O)Nc2cccnc2)cc1. The van der Waals surface area contributed by atoms with Gasteiger partial charge in [-0.25, -0.2) is 0 Å². The van der Waals surface area contributed by atoms with Gasteiger partial charge in [-0.05, 0) is 36.8 Å². The molecule has 0 aliphatic heterocycles. The maximum Gasteiger partial charge on any atom is 0.255 e. The molecule has 0 saturated heterocycles. The molecule has 0 aliphatic rings. The van der Waals surface area contributed by atoms with Crippen molar-refractivity contribution in [1.29, 1.82) is 0 Å². The fourth-order valence-electron chi connectivity index (χ4n) is 1.30. The monoisotopic (exact) mass is 211 g/mol. The lowest BCUT2D eigenvalue weighted by molar-refractivity contribution is 0.102. The van der Waals surface area contributed by atoms with Gasteiger partial charge in [-0.15, -0.1) is 0 Å². The molecule has 0 spiro atoms. The molecule has 3 heteroatoms. The molecule has 2 aromatic rings. The number of hydrogen-bond acceptors (Lipinski definition) is 2. The predicted octanol–water partition coefficient (Wildman–Crippen LogP) is 2.52. The summed E-state index contributed by atoms with van der Waals surface area (Å²) in [5.41, 5.74) is 2.18. The van der Waals surface area contributed by atoms with Gasteiger partial charge in [0.25, 0.3) is 5.91 Å².